The Morgan fingerprint density at radius 3 is 2.69 bits per heavy atom. The van der Waals surface area contributed by atoms with Gasteiger partial charge in [0, 0.05) is 11.1 Å². The number of nitrogens with zero attached hydrogens (tertiary/aromatic N) is 2. The number of nitrogens with one attached hydrogen (secondary N) is 2. The van der Waals surface area contributed by atoms with Gasteiger partial charge in [0.25, 0.3) is 0 Å². The lowest BCUT2D eigenvalue weighted by molar-refractivity contribution is -0.228. The summed E-state index contributed by atoms with van der Waals surface area (Å²) in [5.41, 5.74) is 12.3. The lowest BCUT2D eigenvalue weighted by atomic mass is 10.0. The summed E-state index contributed by atoms with van der Waals surface area (Å²) in [5, 5.41) is 6.25. The lowest BCUT2D eigenvalue weighted by Gasteiger charge is -2.15. The van der Waals surface area contributed by atoms with E-state index in [0.717, 1.165) is 33.7 Å². The number of ether oxygens (including phenoxy) is 1. The lowest BCUT2D eigenvalue weighted by Crippen LogP contribution is -2.35. The Kier molecular flexibility index (Phi) is 6.41. The fourth-order valence-electron chi connectivity index (χ4n) is 2.91. The molecule has 0 atom stereocenters. The summed E-state index contributed by atoms with van der Waals surface area (Å²) in [6.07, 6.45) is 0. The Bertz CT molecular complexity index is 1050. The number of nitrogens with two attached hydrogens (primary N) is 1. The second kappa shape index (κ2) is 9.16. The van der Waals surface area contributed by atoms with Crippen molar-refractivity contribution in [3.05, 3.63) is 76.4 Å². The molecule has 3 rings (SSSR count). The minimum Gasteiger partial charge on any atom is -0.489 e. The summed E-state index contributed by atoms with van der Waals surface area (Å²) < 4.78 is 6.03. The molecule has 0 spiro atoms. The largest absolute Gasteiger partial charge is 0.489 e. The van der Waals surface area contributed by atoms with Crippen LogP contribution in [0.4, 0.5) is 10.5 Å². The van der Waals surface area contributed by atoms with Crippen LogP contribution < -0.4 is 21.0 Å². The maximum atomic E-state index is 11.7. The van der Waals surface area contributed by atoms with Crippen LogP contribution in [-0.4, -0.2) is 11.0 Å². The van der Waals surface area contributed by atoms with Crippen LogP contribution in [0.2, 0.25) is 5.15 Å². The normalized spacial score (nSPS) is 10.3. The molecule has 1 aromatic heterocycles. The van der Waals surface area contributed by atoms with Gasteiger partial charge in [-0.25, -0.2) is 9.78 Å². The number of amides is 2. The SMILES string of the molecule is Cc1cc(-c2cccc(Cl)n2)c(C)cc1OCc1ccccc1NC(=O)NN=[NH2+]. The third-order valence-electron chi connectivity index (χ3n) is 4.33. The standard InChI is InChI=1S/C21H20ClN5O2/c1-13-11-19(14(2)10-16(13)18-8-5-9-20(22)24-18)29-12-15-6-3-4-7-17(15)25-21(28)26-27-23/h3-11H,12H2,1-2H3,(H3,23,25,26,28)/p+1. The zero-order valence-corrected chi connectivity index (χ0v) is 16.8. The van der Waals surface area contributed by atoms with Crippen LogP contribution in [0.25, 0.3) is 11.3 Å². The van der Waals surface area contributed by atoms with Crippen LogP contribution in [0.5, 0.6) is 5.75 Å². The highest BCUT2D eigenvalue weighted by atomic mass is 35.5. The van der Waals surface area contributed by atoms with E-state index in [4.69, 9.17) is 21.9 Å². The highest BCUT2D eigenvalue weighted by Gasteiger charge is 2.12. The molecule has 0 aliphatic rings. The van der Waals surface area contributed by atoms with E-state index in [2.05, 4.69) is 20.9 Å². The Labute approximate surface area is 173 Å². The minimum atomic E-state index is -0.523. The summed E-state index contributed by atoms with van der Waals surface area (Å²) in [4.78, 5) is 16.1. The average Bonchev–Trinajstić information content (AvgIpc) is 2.69. The van der Waals surface area contributed by atoms with Crippen LogP contribution in [0.15, 0.2) is 59.8 Å². The molecular formula is C21H21ClN5O2+. The van der Waals surface area contributed by atoms with Crippen LogP contribution in [0, 0.1) is 13.8 Å². The zero-order valence-electron chi connectivity index (χ0n) is 16.1. The maximum absolute atomic E-state index is 11.7. The monoisotopic (exact) mass is 410 g/mol. The second-order valence-electron chi connectivity index (χ2n) is 6.42. The molecule has 0 saturated carbocycles. The molecule has 0 bridgehead atoms. The Balaban J connectivity index is 1.79. The van der Waals surface area contributed by atoms with E-state index in [1.165, 1.54) is 0 Å². The number of para-hydroxylation sites is 1. The molecule has 2 aromatic carbocycles. The number of rotatable bonds is 6. The van der Waals surface area contributed by atoms with Gasteiger partial charge in [-0.1, -0.05) is 41.3 Å². The number of aryl methyl sites for hydroxylation is 2. The van der Waals surface area contributed by atoms with E-state index < -0.39 is 6.03 Å². The molecule has 7 nitrogen and oxygen atoms in total. The van der Waals surface area contributed by atoms with Crippen LogP contribution in [0.3, 0.4) is 0 Å². The van der Waals surface area contributed by atoms with Crippen molar-refractivity contribution in [1.29, 1.82) is 0 Å². The van der Waals surface area contributed by atoms with E-state index >= 15 is 0 Å². The second-order valence-corrected chi connectivity index (χ2v) is 6.81. The molecule has 0 unspecified atom stereocenters. The molecule has 1 heterocycles. The number of pyridine rings is 1. The Morgan fingerprint density at radius 1 is 1.14 bits per heavy atom. The van der Waals surface area contributed by atoms with E-state index in [-0.39, 0.29) is 6.61 Å². The number of hydrogen-bond donors (Lipinski definition) is 3. The van der Waals surface area contributed by atoms with E-state index in [1.807, 2.05) is 56.3 Å². The smallest absolute Gasteiger partial charge is 0.431 e. The van der Waals surface area contributed by atoms with Crippen molar-refractivity contribution >= 4 is 23.3 Å². The number of anilines is 1. The van der Waals surface area contributed by atoms with Crippen molar-refractivity contribution in [3.63, 3.8) is 0 Å². The Morgan fingerprint density at radius 2 is 1.93 bits per heavy atom. The number of aromatic nitrogens is 1. The van der Waals surface area contributed by atoms with Crippen LogP contribution in [-0.2, 0) is 6.61 Å². The van der Waals surface area contributed by atoms with Gasteiger partial charge in [0.1, 0.15) is 17.5 Å². The fourth-order valence-corrected chi connectivity index (χ4v) is 3.08. The first-order valence-electron chi connectivity index (χ1n) is 8.89. The molecule has 0 fully saturated rings. The third kappa shape index (κ3) is 5.08. The quantitative estimate of drug-likeness (QED) is 0.327. The highest BCUT2D eigenvalue weighted by Crippen LogP contribution is 2.30. The van der Waals surface area contributed by atoms with Crippen molar-refractivity contribution in [2.24, 2.45) is 5.22 Å². The van der Waals surface area contributed by atoms with Gasteiger partial charge in [-0.05, 0) is 55.3 Å². The maximum Gasteiger partial charge on any atom is 0.431 e. The van der Waals surface area contributed by atoms with E-state index in [0.29, 0.717) is 10.8 Å². The minimum absolute atomic E-state index is 0.283. The van der Waals surface area contributed by atoms with Crippen molar-refractivity contribution in [1.82, 2.24) is 10.4 Å². The molecule has 0 aliphatic heterocycles. The molecule has 8 heteroatoms. The van der Waals surface area contributed by atoms with Crippen LogP contribution in [0.1, 0.15) is 16.7 Å². The first-order valence-corrected chi connectivity index (χ1v) is 9.27. The Hall–Kier alpha value is -3.45. The van der Waals surface area contributed by atoms with E-state index in [9.17, 15) is 4.79 Å². The number of carbonyl (C=O) groups excluding carboxylic acids is 1. The predicted octanol–water partition coefficient (Wildman–Crippen LogP) is 3.85. The van der Waals surface area contributed by atoms with Crippen LogP contribution >= 0.6 is 11.6 Å². The molecule has 3 aromatic rings. The number of carbonyl (C=O) groups is 1. The summed E-state index contributed by atoms with van der Waals surface area (Å²) in [5.74, 6) is 0.754. The van der Waals surface area contributed by atoms with Gasteiger partial charge < -0.3 is 4.74 Å². The topological polar surface area (TPSA) is 101 Å². The number of urea groups is 1. The molecular weight excluding hydrogens is 390 g/mol. The number of halogens is 1. The molecule has 2 amide bonds. The molecule has 0 radical (unpaired) electrons. The summed E-state index contributed by atoms with van der Waals surface area (Å²) in [7, 11) is 0. The first kappa shape index (κ1) is 20.3. The van der Waals surface area contributed by atoms with Crippen molar-refractivity contribution < 1.29 is 15.1 Å². The highest BCUT2D eigenvalue weighted by molar-refractivity contribution is 6.29. The van der Waals surface area contributed by atoms with Crippen molar-refractivity contribution in [2.45, 2.75) is 20.5 Å². The molecule has 0 aliphatic carbocycles. The fraction of sp³-hybridized carbons (Fsp3) is 0.143. The van der Waals surface area contributed by atoms with Gasteiger partial charge in [0.15, 0.2) is 0 Å². The zero-order chi connectivity index (χ0) is 20.8. The molecule has 29 heavy (non-hydrogen) atoms. The summed E-state index contributed by atoms with van der Waals surface area (Å²) in [6, 6.07) is 16.4. The van der Waals surface area contributed by atoms with Gasteiger partial charge in [0.2, 0.25) is 0 Å². The van der Waals surface area contributed by atoms with Gasteiger partial charge in [0.05, 0.1) is 16.6 Å². The predicted molar refractivity (Wildman–Crippen MR) is 111 cm³/mol. The van der Waals surface area contributed by atoms with Gasteiger partial charge in [-0.3, -0.25) is 5.32 Å². The number of hydrogen-bond acceptors (Lipinski definition) is 4. The molecule has 0 saturated heterocycles. The summed E-state index contributed by atoms with van der Waals surface area (Å²) in [6.45, 7) is 4.26. The molecule has 148 valence electrons. The van der Waals surface area contributed by atoms with Crippen molar-refractivity contribution in [2.75, 3.05) is 5.32 Å². The van der Waals surface area contributed by atoms with Crippen molar-refractivity contribution in [3.8, 4) is 17.0 Å². The van der Waals surface area contributed by atoms with Gasteiger partial charge >= 0.3 is 6.03 Å². The van der Waals surface area contributed by atoms with E-state index in [1.54, 1.807) is 12.1 Å². The third-order valence-corrected chi connectivity index (χ3v) is 4.54. The average molecular weight is 411 g/mol. The molecule has 4 N–H and O–H groups in total. The summed E-state index contributed by atoms with van der Waals surface area (Å²) >= 11 is 6.02. The number of benzene rings is 2. The van der Waals surface area contributed by atoms with Gasteiger partial charge in [-0.15, -0.1) is 0 Å². The van der Waals surface area contributed by atoms with Gasteiger partial charge in [-0.2, -0.15) is 5.53 Å². The first-order chi connectivity index (χ1) is 14.0.